The predicted molar refractivity (Wildman–Crippen MR) is 82.7 cm³/mol. The molecule has 1 heterocycles. The molecule has 1 N–H and O–H groups in total. The van der Waals surface area contributed by atoms with Crippen molar-refractivity contribution in [1.82, 2.24) is 5.32 Å². The average Bonchev–Trinajstić information content (AvgIpc) is 3.03. The maximum absolute atomic E-state index is 13.9. The quantitative estimate of drug-likeness (QED) is 0.878. The molecule has 2 aromatic rings. The minimum absolute atomic E-state index is 0.00162. The topological polar surface area (TPSA) is 69.3 Å². The maximum Gasteiger partial charge on any atom is 0.293 e. The van der Waals surface area contributed by atoms with Crippen LogP contribution in [-0.4, -0.2) is 17.6 Å². The molecular formula is C15H12FN3O2S. The summed E-state index contributed by atoms with van der Waals surface area (Å²) in [5.41, 5.74) is 0.197. The zero-order valence-electron chi connectivity index (χ0n) is 11.5. The lowest BCUT2D eigenvalue weighted by Gasteiger charge is -2.24. The van der Waals surface area contributed by atoms with E-state index in [0.717, 1.165) is 0 Å². The van der Waals surface area contributed by atoms with E-state index in [9.17, 15) is 9.18 Å². The Balaban J connectivity index is 2.18. The second kappa shape index (κ2) is 7.33. The molecule has 0 bridgehead atoms. The van der Waals surface area contributed by atoms with Crippen molar-refractivity contribution < 1.29 is 13.6 Å². The van der Waals surface area contributed by atoms with Crippen LogP contribution in [0.15, 0.2) is 47.1 Å². The molecule has 22 heavy (non-hydrogen) atoms. The van der Waals surface area contributed by atoms with E-state index in [2.05, 4.69) is 5.32 Å². The van der Waals surface area contributed by atoms with E-state index in [1.807, 2.05) is 6.07 Å². The first-order valence-electron chi connectivity index (χ1n) is 6.41. The molecule has 7 heteroatoms. The van der Waals surface area contributed by atoms with Gasteiger partial charge in [-0.25, -0.2) is 4.39 Å². The van der Waals surface area contributed by atoms with Crippen LogP contribution < -0.4 is 10.2 Å². The lowest BCUT2D eigenvalue weighted by Crippen LogP contribution is -2.43. The third-order valence-electron chi connectivity index (χ3n) is 2.80. The van der Waals surface area contributed by atoms with Gasteiger partial charge in [0, 0.05) is 6.54 Å². The average molecular weight is 317 g/mol. The monoisotopic (exact) mass is 317 g/mol. The molecule has 2 rings (SSSR count). The van der Waals surface area contributed by atoms with Crippen LogP contribution in [0.5, 0.6) is 0 Å². The first-order chi connectivity index (χ1) is 10.6. The first kappa shape index (κ1) is 15.7. The number of hydrogen-bond acceptors (Lipinski definition) is 4. The van der Waals surface area contributed by atoms with Crippen LogP contribution in [0.3, 0.4) is 0 Å². The summed E-state index contributed by atoms with van der Waals surface area (Å²) in [7, 11) is 0. The molecule has 0 radical (unpaired) electrons. The van der Waals surface area contributed by atoms with Crippen LogP contribution in [-0.2, 0) is 0 Å². The Morgan fingerprint density at radius 3 is 2.77 bits per heavy atom. The summed E-state index contributed by atoms with van der Waals surface area (Å²) in [6.45, 7) is 0.161. The van der Waals surface area contributed by atoms with E-state index in [-0.39, 0.29) is 29.5 Å². The summed E-state index contributed by atoms with van der Waals surface area (Å²) in [5, 5.41) is 11.2. The van der Waals surface area contributed by atoms with Crippen LogP contribution in [0.4, 0.5) is 10.1 Å². The van der Waals surface area contributed by atoms with Gasteiger partial charge in [0.05, 0.1) is 24.4 Å². The fourth-order valence-corrected chi connectivity index (χ4v) is 2.08. The van der Waals surface area contributed by atoms with Gasteiger partial charge in [-0.3, -0.25) is 10.1 Å². The SMILES string of the molecule is N#CCCN(C(=S)NC(=O)c1ccco1)c1ccccc1F. The summed E-state index contributed by atoms with van der Waals surface area (Å²) < 4.78 is 18.9. The standard InChI is InChI=1S/C15H12FN3O2S/c16-11-5-1-2-6-12(11)19(9-4-8-17)15(22)18-14(20)13-7-3-10-21-13/h1-3,5-7,10H,4,9H2,(H,18,20,22). The van der Waals surface area contributed by atoms with Crippen molar-refractivity contribution in [3.05, 3.63) is 54.2 Å². The Kier molecular flexibility index (Phi) is 5.22. The van der Waals surface area contributed by atoms with Crippen molar-refractivity contribution in [2.45, 2.75) is 6.42 Å². The number of rotatable bonds is 4. The second-order valence-electron chi connectivity index (χ2n) is 4.25. The van der Waals surface area contributed by atoms with Gasteiger partial charge in [0.2, 0.25) is 0 Å². The third kappa shape index (κ3) is 3.68. The Labute approximate surface area is 131 Å². The maximum atomic E-state index is 13.9. The van der Waals surface area contributed by atoms with Crippen molar-refractivity contribution in [2.24, 2.45) is 0 Å². The minimum Gasteiger partial charge on any atom is -0.459 e. The van der Waals surface area contributed by atoms with Crippen molar-refractivity contribution in [3.63, 3.8) is 0 Å². The second-order valence-corrected chi connectivity index (χ2v) is 4.63. The summed E-state index contributed by atoms with van der Waals surface area (Å²) in [6.07, 6.45) is 1.49. The fraction of sp³-hybridized carbons (Fsp3) is 0.133. The molecule has 0 aliphatic heterocycles. The van der Waals surface area contributed by atoms with Crippen molar-refractivity contribution in [2.75, 3.05) is 11.4 Å². The zero-order chi connectivity index (χ0) is 15.9. The normalized spacial score (nSPS) is 9.82. The third-order valence-corrected chi connectivity index (χ3v) is 3.12. The van der Waals surface area contributed by atoms with Gasteiger partial charge in [0.15, 0.2) is 10.9 Å². The number of carbonyl (C=O) groups is 1. The fourth-order valence-electron chi connectivity index (χ4n) is 1.80. The Morgan fingerprint density at radius 1 is 1.36 bits per heavy atom. The molecule has 0 spiro atoms. The van der Waals surface area contributed by atoms with Gasteiger partial charge in [-0.05, 0) is 36.5 Å². The molecule has 0 fully saturated rings. The number of nitrogens with zero attached hydrogens (tertiary/aromatic N) is 2. The Morgan fingerprint density at radius 2 is 2.14 bits per heavy atom. The summed E-state index contributed by atoms with van der Waals surface area (Å²) in [6, 6.07) is 11.0. The summed E-state index contributed by atoms with van der Waals surface area (Å²) >= 11 is 5.16. The number of hydrogen-bond donors (Lipinski definition) is 1. The van der Waals surface area contributed by atoms with Gasteiger partial charge in [0.1, 0.15) is 5.82 Å². The van der Waals surface area contributed by atoms with Crippen molar-refractivity contribution in [3.8, 4) is 6.07 Å². The van der Waals surface area contributed by atoms with E-state index in [0.29, 0.717) is 0 Å². The number of benzene rings is 1. The molecule has 0 aliphatic carbocycles. The highest BCUT2D eigenvalue weighted by molar-refractivity contribution is 7.80. The molecule has 0 saturated carbocycles. The van der Waals surface area contributed by atoms with Crippen molar-refractivity contribution >= 4 is 28.9 Å². The van der Waals surface area contributed by atoms with E-state index >= 15 is 0 Å². The van der Waals surface area contributed by atoms with E-state index in [4.69, 9.17) is 21.9 Å². The number of thiocarbonyl (C=S) groups is 1. The number of nitriles is 1. The molecule has 0 atom stereocenters. The number of nitrogens with one attached hydrogen (secondary N) is 1. The number of anilines is 1. The predicted octanol–water partition coefficient (Wildman–Crippen LogP) is 2.85. The minimum atomic E-state index is -0.534. The highest BCUT2D eigenvalue weighted by Crippen LogP contribution is 2.19. The van der Waals surface area contributed by atoms with E-state index < -0.39 is 11.7 Å². The van der Waals surface area contributed by atoms with Crippen LogP contribution in [0.2, 0.25) is 0 Å². The number of amides is 1. The van der Waals surface area contributed by atoms with Gasteiger partial charge in [-0.1, -0.05) is 12.1 Å². The molecule has 1 amide bonds. The van der Waals surface area contributed by atoms with E-state index in [1.54, 1.807) is 18.2 Å². The molecule has 0 aliphatic rings. The molecule has 0 unspecified atom stereocenters. The zero-order valence-corrected chi connectivity index (χ0v) is 12.3. The summed E-state index contributed by atoms with van der Waals surface area (Å²) in [5.74, 6) is -0.931. The lowest BCUT2D eigenvalue weighted by atomic mass is 10.2. The van der Waals surface area contributed by atoms with Gasteiger partial charge in [0.25, 0.3) is 5.91 Å². The molecular weight excluding hydrogens is 305 g/mol. The van der Waals surface area contributed by atoms with E-state index in [1.165, 1.54) is 29.4 Å². The van der Waals surface area contributed by atoms with Gasteiger partial charge in [-0.2, -0.15) is 5.26 Å². The number of para-hydroxylation sites is 1. The lowest BCUT2D eigenvalue weighted by molar-refractivity contribution is 0.0950. The van der Waals surface area contributed by atoms with Crippen LogP contribution in [0.25, 0.3) is 0 Å². The van der Waals surface area contributed by atoms with Gasteiger partial charge >= 0.3 is 0 Å². The molecule has 1 aromatic carbocycles. The molecule has 1 aromatic heterocycles. The molecule has 0 saturated heterocycles. The largest absolute Gasteiger partial charge is 0.459 e. The van der Waals surface area contributed by atoms with Crippen LogP contribution in [0, 0.1) is 17.1 Å². The first-order valence-corrected chi connectivity index (χ1v) is 6.82. The van der Waals surface area contributed by atoms with Gasteiger partial charge < -0.3 is 9.32 Å². The smallest absolute Gasteiger partial charge is 0.293 e. The van der Waals surface area contributed by atoms with Crippen molar-refractivity contribution in [1.29, 1.82) is 5.26 Å². The molecule has 5 nitrogen and oxygen atoms in total. The van der Waals surface area contributed by atoms with Crippen LogP contribution in [0.1, 0.15) is 17.0 Å². The van der Waals surface area contributed by atoms with Gasteiger partial charge in [-0.15, -0.1) is 0 Å². The molecule has 112 valence electrons. The number of furan rings is 1. The number of carbonyl (C=O) groups excluding carboxylic acids is 1. The van der Waals surface area contributed by atoms with Crippen LogP contribution >= 0.6 is 12.2 Å². The summed E-state index contributed by atoms with van der Waals surface area (Å²) in [4.78, 5) is 13.3. The Hall–Kier alpha value is -2.72. The highest BCUT2D eigenvalue weighted by Gasteiger charge is 2.19. The highest BCUT2D eigenvalue weighted by atomic mass is 32.1. The number of halogens is 1. The Bertz CT molecular complexity index is 710.